The number of fused-ring (bicyclic) bond motifs is 2. The number of aliphatic hydroxyl groups excluding tert-OH is 1. The van der Waals surface area contributed by atoms with Crippen LogP contribution < -0.4 is 10.5 Å². The molecule has 0 radical (unpaired) electrons. The smallest absolute Gasteiger partial charge is 0.181 e. The van der Waals surface area contributed by atoms with E-state index in [1.165, 1.54) is 0 Å². The maximum absolute atomic E-state index is 13.6. The number of pyridine rings is 1. The molecule has 7 heteroatoms. The lowest BCUT2D eigenvalue weighted by molar-refractivity contribution is 0.0501. The summed E-state index contributed by atoms with van der Waals surface area (Å²) in [5.41, 5.74) is 8.11. The van der Waals surface area contributed by atoms with E-state index in [4.69, 9.17) is 10.5 Å². The minimum Gasteiger partial charge on any atom is -0.479 e. The van der Waals surface area contributed by atoms with Gasteiger partial charge in [0.2, 0.25) is 0 Å². The highest BCUT2D eigenvalue weighted by molar-refractivity contribution is 5.61. The van der Waals surface area contributed by atoms with Crippen molar-refractivity contribution >= 4 is 11.5 Å². The summed E-state index contributed by atoms with van der Waals surface area (Å²) in [5.74, 6) is -0.981. The summed E-state index contributed by atoms with van der Waals surface area (Å²) in [5, 5.41) is 10.3. The molecule has 5 nitrogen and oxygen atoms in total. The Morgan fingerprint density at radius 3 is 2.88 bits per heavy atom. The van der Waals surface area contributed by atoms with Crippen molar-refractivity contribution in [1.29, 1.82) is 0 Å². The van der Waals surface area contributed by atoms with Crippen LogP contribution in [-0.2, 0) is 6.42 Å². The van der Waals surface area contributed by atoms with Gasteiger partial charge in [0.05, 0.1) is 11.8 Å². The molecule has 0 saturated carbocycles. The number of aryl methyl sites for hydroxylation is 1. The van der Waals surface area contributed by atoms with Crippen LogP contribution in [0.4, 0.5) is 14.6 Å². The van der Waals surface area contributed by atoms with Gasteiger partial charge in [0.1, 0.15) is 5.82 Å². The molecule has 3 aromatic rings. The van der Waals surface area contributed by atoms with E-state index in [-0.39, 0.29) is 6.42 Å². The van der Waals surface area contributed by atoms with Crippen LogP contribution in [0, 0.1) is 18.6 Å². The lowest BCUT2D eigenvalue weighted by atomic mass is 10.1. The molecule has 1 aliphatic carbocycles. The number of aromatic nitrogens is 2. The van der Waals surface area contributed by atoms with Crippen LogP contribution in [0.1, 0.15) is 22.9 Å². The predicted octanol–water partition coefficient (Wildman–Crippen LogP) is 2.54. The van der Waals surface area contributed by atoms with Crippen LogP contribution in [0.2, 0.25) is 0 Å². The molecule has 4 rings (SSSR count). The monoisotopic (exact) mass is 331 g/mol. The Balaban J connectivity index is 1.77. The number of benzene rings is 1. The van der Waals surface area contributed by atoms with Crippen LogP contribution in [0.25, 0.3) is 5.65 Å². The van der Waals surface area contributed by atoms with Crippen molar-refractivity contribution in [2.45, 2.75) is 25.6 Å². The lowest BCUT2D eigenvalue weighted by Gasteiger charge is -2.19. The second-order valence-corrected chi connectivity index (χ2v) is 5.92. The first-order valence-electron chi connectivity index (χ1n) is 7.51. The predicted molar refractivity (Wildman–Crippen MR) is 83.8 cm³/mol. The Kier molecular flexibility index (Phi) is 3.21. The highest BCUT2D eigenvalue weighted by atomic mass is 19.2. The molecular weight excluding hydrogens is 316 g/mol. The number of halogens is 2. The summed E-state index contributed by atoms with van der Waals surface area (Å²) in [6.07, 6.45) is 0.274. The summed E-state index contributed by atoms with van der Waals surface area (Å²) < 4.78 is 34.6. The zero-order valence-corrected chi connectivity index (χ0v) is 12.8. The summed E-state index contributed by atoms with van der Waals surface area (Å²) >= 11 is 0. The van der Waals surface area contributed by atoms with Crippen molar-refractivity contribution in [3.63, 3.8) is 0 Å². The van der Waals surface area contributed by atoms with E-state index in [9.17, 15) is 13.9 Å². The van der Waals surface area contributed by atoms with Gasteiger partial charge in [0, 0.05) is 18.2 Å². The van der Waals surface area contributed by atoms with E-state index in [1.807, 2.05) is 0 Å². The average Bonchev–Trinajstić information content (AvgIpc) is 2.99. The Hall–Kier alpha value is -2.67. The molecule has 1 aliphatic rings. The van der Waals surface area contributed by atoms with E-state index in [0.29, 0.717) is 34.0 Å². The van der Waals surface area contributed by atoms with Crippen molar-refractivity contribution in [2.24, 2.45) is 0 Å². The largest absolute Gasteiger partial charge is 0.479 e. The maximum atomic E-state index is 13.6. The van der Waals surface area contributed by atoms with Gasteiger partial charge in [-0.05, 0) is 36.8 Å². The van der Waals surface area contributed by atoms with Crippen LogP contribution in [0.3, 0.4) is 0 Å². The number of rotatable bonds is 2. The van der Waals surface area contributed by atoms with Crippen molar-refractivity contribution in [1.82, 2.24) is 9.38 Å². The van der Waals surface area contributed by atoms with Gasteiger partial charge < -0.3 is 15.6 Å². The number of nitrogen functional groups attached to an aromatic ring is 1. The molecular formula is C17H15F2N3O2. The van der Waals surface area contributed by atoms with E-state index < -0.39 is 23.8 Å². The van der Waals surface area contributed by atoms with Gasteiger partial charge in [-0.1, -0.05) is 0 Å². The normalized spacial score (nSPS) is 19.7. The van der Waals surface area contributed by atoms with Crippen molar-refractivity contribution in [3.8, 4) is 5.75 Å². The van der Waals surface area contributed by atoms with Gasteiger partial charge >= 0.3 is 0 Å². The van der Waals surface area contributed by atoms with Gasteiger partial charge in [-0.15, -0.1) is 0 Å². The van der Waals surface area contributed by atoms with Crippen LogP contribution >= 0.6 is 0 Å². The molecule has 3 N–H and O–H groups in total. The third-order valence-corrected chi connectivity index (χ3v) is 4.36. The molecule has 0 amide bonds. The molecule has 24 heavy (non-hydrogen) atoms. The molecule has 0 bridgehead atoms. The van der Waals surface area contributed by atoms with Gasteiger partial charge in [-0.25, -0.2) is 13.8 Å². The molecule has 2 aromatic heterocycles. The number of hydrogen-bond donors (Lipinski definition) is 2. The Labute approximate surface area is 136 Å². The number of hydrogen-bond acceptors (Lipinski definition) is 4. The molecule has 1 aromatic carbocycles. The summed E-state index contributed by atoms with van der Waals surface area (Å²) in [6.45, 7) is 1.78. The van der Waals surface area contributed by atoms with Crippen LogP contribution in [0.15, 0.2) is 30.5 Å². The molecule has 0 aliphatic heterocycles. The zero-order valence-electron chi connectivity index (χ0n) is 12.8. The third kappa shape index (κ3) is 2.12. The fourth-order valence-corrected chi connectivity index (χ4v) is 3.13. The lowest BCUT2D eigenvalue weighted by Crippen LogP contribution is -2.19. The number of nitrogens with zero attached hydrogens (tertiary/aromatic N) is 2. The van der Waals surface area contributed by atoms with Crippen molar-refractivity contribution in [2.75, 3.05) is 5.73 Å². The molecule has 2 unspecified atom stereocenters. The maximum Gasteiger partial charge on any atom is 0.181 e. The minimum absolute atomic E-state index is 0.204. The Morgan fingerprint density at radius 1 is 1.33 bits per heavy atom. The number of aliphatic hydroxyl groups is 1. The van der Waals surface area contributed by atoms with Gasteiger partial charge in [0.15, 0.2) is 29.1 Å². The quantitative estimate of drug-likeness (QED) is 0.757. The first-order valence-corrected chi connectivity index (χ1v) is 7.51. The third-order valence-electron chi connectivity index (χ3n) is 4.36. The number of anilines is 1. The van der Waals surface area contributed by atoms with E-state index in [2.05, 4.69) is 4.98 Å². The molecule has 0 spiro atoms. The summed E-state index contributed by atoms with van der Waals surface area (Å²) in [6, 6.07) is 5.63. The van der Waals surface area contributed by atoms with Crippen LogP contribution in [-0.4, -0.2) is 20.6 Å². The number of ether oxygens (including phenoxy) is 1. The minimum atomic E-state index is -0.962. The molecule has 0 fully saturated rings. The Morgan fingerprint density at radius 2 is 2.08 bits per heavy atom. The average molecular weight is 331 g/mol. The fraction of sp³-hybridized carbons (Fsp3) is 0.235. The highest BCUT2D eigenvalue weighted by Crippen LogP contribution is 2.37. The molecule has 2 atom stereocenters. The van der Waals surface area contributed by atoms with Crippen molar-refractivity contribution in [3.05, 3.63) is 58.9 Å². The van der Waals surface area contributed by atoms with E-state index in [0.717, 1.165) is 12.1 Å². The summed E-state index contributed by atoms with van der Waals surface area (Å²) in [7, 11) is 0. The first kappa shape index (κ1) is 14.9. The molecule has 124 valence electrons. The molecule has 2 heterocycles. The van der Waals surface area contributed by atoms with Crippen LogP contribution in [0.5, 0.6) is 5.75 Å². The standard InChI is InChI=1S/C17H15F2N3O2/c1-8-16(20)22-4-2-3-14(17(22)21-8)24-15-10-7-12(19)11(18)5-9(10)6-13(15)23/h2-5,7,13,15,23H,6,20H2,1H3. The SMILES string of the molecule is Cc1nc2c(OC3c4cc(F)c(F)cc4CC3O)cccn2c1N. The van der Waals surface area contributed by atoms with Gasteiger partial charge in [0.25, 0.3) is 0 Å². The van der Waals surface area contributed by atoms with Gasteiger partial charge in [-0.2, -0.15) is 0 Å². The second-order valence-electron chi connectivity index (χ2n) is 5.92. The zero-order chi connectivity index (χ0) is 17.0. The number of imidazole rings is 1. The first-order chi connectivity index (χ1) is 11.5. The van der Waals surface area contributed by atoms with E-state index in [1.54, 1.807) is 29.7 Å². The summed E-state index contributed by atoms with van der Waals surface area (Å²) in [4.78, 5) is 4.36. The van der Waals surface area contributed by atoms with Gasteiger partial charge in [-0.3, -0.25) is 4.40 Å². The van der Waals surface area contributed by atoms with Crippen molar-refractivity contribution < 1.29 is 18.6 Å². The molecule has 0 saturated heterocycles. The fourth-order valence-electron chi connectivity index (χ4n) is 3.13. The van der Waals surface area contributed by atoms with E-state index >= 15 is 0 Å². The number of nitrogens with two attached hydrogens (primary N) is 1. The Bertz CT molecular complexity index is 955. The second kappa shape index (κ2) is 5.17. The highest BCUT2D eigenvalue weighted by Gasteiger charge is 2.34. The topological polar surface area (TPSA) is 72.8 Å².